The van der Waals surface area contributed by atoms with Gasteiger partial charge in [0.05, 0.1) is 17.1 Å². The van der Waals surface area contributed by atoms with Crippen LogP contribution in [0.1, 0.15) is 22.8 Å². The van der Waals surface area contributed by atoms with Crippen molar-refractivity contribution in [3.63, 3.8) is 0 Å². The van der Waals surface area contributed by atoms with Crippen LogP contribution in [0.25, 0.3) is 0 Å². The minimum Gasteiger partial charge on any atom is -0.462 e. The van der Waals surface area contributed by atoms with E-state index in [4.69, 9.17) is 15.4 Å². The molecule has 88 valence electrons. The van der Waals surface area contributed by atoms with E-state index in [1.165, 1.54) is 12.1 Å². The Kier molecular flexibility index (Phi) is 3.93. The quantitative estimate of drug-likeness (QED) is 0.618. The molecule has 0 spiro atoms. The smallest absolute Gasteiger partial charge is 0.338 e. The number of ether oxygens (including phenoxy) is 1. The number of rotatable bonds is 3. The zero-order chi connectivity index (χ0) is 12.3. The van der Waals surface area contributed by atoms with Gasteiger partial charge in [0.1, 0.15) is 0 Å². The van der Waals surface area contributed by atoms with E-state index < -0.39 is 15.0 Å². The molecule has 0 amide bonds. The molecule has 0 N–H and O–H groups in total. The molecule has 1 rings (SSSR count). The molecule has 0 aliphatic carbocycles. The Balaban J connectivity index is 3.24. The summed E-state index contributed by atoms with van der Waals surface area (Å²) in [5.41, 5.74) is 0.811. The SMILES string of the molecule is CCOC(=O)c1cc(C)cc(S(=O)(=O)Cl)c1. The molecule has 0 heterocycles. The Morgan fingerprint density at radius 1 is 1.38 bits per heavy atom. The Hall–Kier alpha value is -1.07. The van der Waals surface area contributed by atoms with Crippen molar-refractivity contribution in [3.8, 4) is 0 Å². The van der Waals surface area contributed by atoms with Crippen LogP contribution in [0.4, 0.5) is 0 Å². The van der Waals surface area contributed by atoms with Gasteiger partial charge in [-0.1, -0.05) is 0 Å². The fourth-order valence-electron chi connectivity index (χ4n) is 1.22. The van der Waals surface area contributed by atoms with Gasteiger partial charge < -0.3 is 4.74 Å². The molecule has 0 aliphatic heterocycles. The van der Waals surface area contributed by atoms with Gasteiger partial charge in [0.2, 0.25) is 0 Å². The minimum absolute atomic E-state index is 0.0998. The molecule has 0 bridgehead atoms. The Morgan fingerprint density at radius 3 is 2.50 bits per heavy atom. The molecule has 0 radical (unpaired) electrons. The highest BCUT2D eigenvalue weighted by atomic mass is 35.7. The van der Waals surface area contributed by atoms with Crippen molar-refractivity contribution < 1.29 is 17.9 Å². The van der Waals surface area contributed by atoms with Crippen LogP contribution >= 0.6 is 10.7 Å². The summed E-state index contributed by atoms with van der Waals surface area (Å²) in [6.07, 6.45) is 0. The van der Waals surface area contributed by atoms with E-state index in [1.807, 2.05) is 0 Å². The predicted molar refractivity (Wildman–Crippen MR) is 60.2 cm³/mol. The fraction of sp³-hybridized carbons (Fsp3) is 0.300. The second-order valence-electron chi connectivity index (χ2n) is 3.19. The first-order valence-corrected chi connectivity index (χ1v) is 6.89. The normalized spacial score (nSPS) is 11.2. The van der Waals surface area contributed by atoms with Crippen molar-refractivity contribution in [2.75, 3.05) is 6.61 Å². The molecule has 1 aromatic carbocycles. The Morgan fingerprint density at radius 2 is 2.00 bits per heavy atom. The Labute approximate surface area is 98.6 Å². The van der Waals surface area contributed by atoms with Crippen molar-refractivity contribution in [1.29, 1.82) is 0 Å². The van der Waals surface area contributed by atoms with Gasteiger partial charge in [-0.2, -0.15) is 0 Å². The summed E-state index contributed by atoms with van der Waals surface area (Å²) in [5, 5.41) is 0. The van der Waals surface area contributed by atoms with Gasteiger partial charge in [-0.05, 0) is 37.6 Å². The van der Waals surface area contributed by atoms with Crippen molar-refractivity contribution in [3.05, 3.63) is 29.3 Å². The molecule has 0 saturated heterocycles. The topological polar surface area (TPSA) is 60.4 Å². The third-order valence-corrected chi connectivity index (χ3v) is 3.18. The monoisotopic (exact) mass is 262 g/mol. The highest BCUT2D eigenvalue weighted by Crippen LogP contribution is 2.19. The van der Waals surface area contributed by atoms with Crippen molar-refractivity contribution in [1.82, 2.24) is 0 Å². The van der Waals surface area contributed by atoms with E-state index in [9.17, 15) is 13.2 Å². The molecule has 0 aliphatic rings. The van der Waals surface area contributed by atoms with Crippen LogP contribution in [0.3, 0.4) is 0 Å². The molecule has 0 atom stereocenters. The van der Waals surface area contributed by atoms with Crippen LogP contribution in [0, 0.1) is 6.92 Å². The van der Waals surface area contributed by atoms with E-state index in [0.717, 1.165) is 0 Å². The summed E-state index contributed by atoms with van der Waals surface area (Å²) in [7, 11) is 1.37. The summed E-state index contributed by atoms with van der Waals surface area (Å²) in [5.74, 6) is -0.562. The van der Waals surface area contributed by atoms with Gasteiger partial charge in [0.25, 0.3) is 9.05 Å². The molecule has 0 aromatic heterocycles. The maximum Gasteiger partial charge on any atom is 0.338 e. The molecular formula is C10H11ClO4S. The maximum atomic E-state index is 11.4. The average molecular weight is 263 g/mol. The number of aryl methyl sites for hydroxylation is 1. The van der Waals surface area contributed by atoms with Crippen molar-refractivity contribution in [2.24, 2.45) is 0 Å². The number of carbonyl (C=O) groups excluding carboxylic acids is 1. The van der Waals surface area contributed by atoms with E-state index in [1.54, 1.807) is 19.9 Å². The molecule has 6 heteroatoms. The zero-order valence-corrected chi connectivity index (χ0v) is 10.4. The highest BCUT2D eigenvalue weighted by molar-refractivity contribution is 8.13. The van der Waals surface area contributed by atoms with Gasteiger partial charge in [0.15, 0.2) is 0 Å². The molecule has 16 heavy (non-hydrogen) atoms. The lowest BCUT2D eigenvalue weighted by Crippen LogP contribution is -2.06. The number of esters is 1. The number of carbonyl (C=O) groups is 1. The average Bonchev–Trinajstić information content (AvgIpc) is 2.16. The first-order chi connectivity index (χ1) is 7.34. The van der Waals surface area contributed by atoms with Crippen molar-refractivity contribution in [2.45, 2.75) is 18.7 Å². The largest absolute Gasteiger partial charge is 0.462 e. The Bertz CT molecular complexity index is 508. The summed E-state index contributed by atoms with van der Waals surface area (Å²) in [6, 6.07) is 4.14. The number of hydrogen-bond acceptors (Lipinski definition) is 4. The number of hydrogen-bond donors (Lipinski definition) is 0. The standard InChI is InChI=1S/C10H11ClO4S/c1-3-15-10(12)8-4-7(2)5-9(6-8)16(11,13)14/h4-6H,3H2,1-2H3. The highest BCUT2D eigenvalue weighted by Gasteiger charge is 2.15. The summed E-state index contributed by atoms with van der Waals surface area (Å²) in [6.45, 7) is 3.58. The number of halogens is 1. The van der Waals surface area contributed by atoms with E-state index in [2.05, 4.69) is 0 Å². The summed E-state index contributed by atoms with van der Waals surface area (Å²) in [4.78, 5) is 11.3. The molecule has 1 aromatic rings. The first kappa shape index (κ1) is 13.0. The van der Waals surface area contributed by atoms with Crippen LogP contribution in [-0.4, -0.2) is 21.0 Å². The lowest BCUT2D eigenvalue weighted by atomic mass is 10.1. The van der Waals surface area contributed by atoms with Crippen LogP contribution in [0.15, 0.2) is 23.1 Å². The van der Waals surface area contributed by atoms with Gasteiger partial charge in [0, 0.05) is 10.7 Å². The molecular weight excluding hydrogens is 252 g/mol. The van der Waals surface area contributed by atoms with E-state index >= 15 is 0 Å². The first-order valence-electron chi connectivity index (χ1n) is 4.58. The fourth-order valence-corrected chi connectivity index (χ4v) is 2.08. The molecule has 0 fully saturated rings. The third kappa shape index (κ3) is 3.21. The number of benzene rings is 1. The molecule has 0 unspecified atom stereocenters. The van der Waals surface area contributed by atoms with Gasteiger partial charge in [-0.15, -0.1) is 0 Å². The lowest BCUT2D eigenvalue weighted by Gasteiger charge is -2.05. The summed E-state index contributed by atoms with van der Waals surface area (Å²) >= 11 is 0. The van der Waals surface area contributed by atoms with Crippen LogP contribution < -0.4 is 0 Å². The van der Waals surface area contributed by atoms with Gasteiger partial charge >= 0.3 is 5.97 Å². The summed E-state index contributed by atoms with van der Waals surface area (Å²) < 4.78 is 27.0. The van der Waals surface area contributed by atoms with Crippen LogP contribution in [-0.2, 0) is 13.8 Å². The second-order valence-corrected chi connectivity index (χ2v) is 5.76. The van der Waals surface area contributed by atoms with Crippen LogP contribution in [0.5, 0.6) is 0 Å². The zero-order valence-electron chi connectivity index (χ0n) is 8.86. The lowest BCUT2D eigenvalue weighted by molar-refractivity contribution is 0.0526. The van der Waals surface area contributed by atoms with E-state index in [-0.39, 0.29) is 17.1 Å². The van der Waals surface area contributed by atoms with Gasteiger partial charge in [-0.3, -0.25) is 0 Å². The van der Waals surface area contributed by atoms with Crippen LogP contribution in [0.2, 0.25) is 0 Å². The van der Waals surface area contributed by atoms with E-state index in [0.29, 0.717) is 5.56 Å². The molecule has 0 saturated carbocycles. The second kappa shape index (κ2) is 4.84. The molecule has 4 nitrogen and oxygen atoms in total. The van der Waals surface area contributed by atoms with Gasteiger partial charge in [-0.25, -0.2) is 13.2 Å². The predicted octanol–water partition coefficient (Wildman–Crippen LogP) is 2.10. The minimum atomic E-state index is -3.83. The maximum absolute atomic E-state index is 11.4. The third-order valence-electron chi connectivity index (χ3n) is 1.84. The van der Waals surface area contributed by atoms with Crippen molar-refractivity contribution >= 4 is 25.7 Å².